The summed E-state index contributed by atoms with van der Waals surface area (Å²) >= 11 is 0. The van der Waals surface area contributed by atoms with Crippen LogP contribution in [-0.2, 0) is 6.61 Å². The molecule has 0 aliphatic heterocycles. The molecule has 0 aliphatic carbocycles. The van der Waals surface area contributed by atoms with Gasteiger partial charge in [-0.05, 0) is 29.8 Å². The molecule has 0 heterocycles. The fourth-order valence-corrected chi connectivity index (χ4v) is 1.71. The lowest BCUT2D eigenvalue weighted by Crippen LogP contribution is -1.99. The SMILES string of the molecule is COc1cc(N)ccc1OCc1ccc(F)c(C#N)c1. The maximum Gasteiger partial charge on any atom is 0.162 e. The van der Waals surface area contributed by atoms with Crippen molar-refractivity contribution >= 4 is 5.69 Å². The van der Waals surface area contributed by atoms with Gasteiger partial charge in [0.15, 0.2) is 11.5 Å². The van der Waals surface area contributed by atoms with Gasteiger partial charge in [-0.15, -0.1) is 0 Å². The Morgan fingerprint density at radius 2 is 2.00 bits per heavy atom. The van der Waals surface area contributed by atoms with E-state index in [1.165, 1.54) is 19.2 Å². The molecular formula is C15H13FN2O2. The number of nitrogen functional groups attached to an aromatic ring is 1. The number of nitriles is 1. The van der Waals surface area contributed by atoms with Crippen LogP contribution in [0.1, 0.15) is 11.1 Å². The van der Waals surface area contributed by atoms with E-state index in [0.29, 0.717) is 22.7 Å². The van der Waals surface area contributed by atoms with Gasteiger partial charge >= 0.3 is 0 Å². The second-order valence-electron chi connectivity index (χ2n) is 4.12. The zero-order valence-electron chi connectivity index (χ0n) is 10.9. The Hall–Kier alpha value is -2.74. The summed E-state index contributed by atoms with van der Waals surface area (Å²) in [5.41, 5.74) is 6.92. The number of halogens is 1. The van der Waals surface area contributed by atoms with Crippen molar-refractivity contribution < 1.29 is 13.9 Å². The molecule has 0 aliphatic rings. The van der Waals surface area contributed by atoms with E-state index in [0.717, 1.165) is 0 Å². The number of methoxy groups -OCH3 is 1. The van der Waals surface area contributed by atoms with Gasteiger partial charge in [0.05, 0.1) is 12.7 Å². The molecule has 0 saturated heterocycles. The Kier molecular flexibility index (Phi) is 4.06. The van der Waals surface area contributed by atoms with Gasteiger partial charge in [-0.25, -0.2) is 4.39 Å². The van der Waals surface area contributed by atoms with E-state index in [1.54, 1.807) is 30.3 Å². The van der Waals surface area contributed by atoms with Crippen LogP contribution < -0.4 is 15.2 Å². The van der Waals surface area contributed by atoms with E-state index in [-0.39, 0.29) is 12.2 Å². The molecule has 0 fully saturated rings. The monoisotopic (exact) mass is 272 g/mol. The Balaban J connectivity index is 2.15. The van der Waals surface area contributed by atoms with Gasteiger partial charge in [-0.3, -0.25) is 0 Å². The van der Waals surface area contributed by atoms with Crippen molar-refractivity contribution in [3.05, 3.63) is 53.3 Å². The average Bonchev–Trinajstić information content (AvgIpc) is 2.47. The molecular weight excluding hydrogens is 259 g/mol. The van der Waals surface area contributed by atoms with Crippen molar-refractivity contribution in [3.8, 4) is 17.6 Å². The molecule has 2 aromatic carbocycles. The first kappa shape index (κ1) is 13.7. The highest BCUT2D eigenvalue weighted by atomic mass is 19.1. The summed E-state index contributed by atoms with van der Waals surface area (Å²) in [5, 5.41) is 8.78. The number of hydrogen-bond acceptors (Lipinski definition) is 4. The molecule has 0 amide bonds. The van der Waals surface area contributed by atoms with E-state index in [2.05, 4.69) is 0 Å². The van der Waals surface area contributed by atoms with Crippen molar-refractivity contribution in [2.75, 3.05) is 12.8 Å². The number of nitrogens with zero attached hydrogens (tertiary/aromatic N) is 1. The van der Waals surface area contributed by atoms with Crippen LogP contribution in [0.5, 0.6) is 11.5 Å². The van der Waals surface area contributed by atoms with E-state index in [4.69, 9.17) is 20.5 Å². The summed E-state index contributed by atoms with van der Waals surface area (Å²) in [5.74, 6) is 0.512. The fourth-order valence-electron chi connectivity index (χ4n) is 1.71. The third kappa shape index (κ3) is 2.98. The largest absolute Gasteiger partial charge is 0.493 e. The number of nitrogens with two attached hydrogens (primary N) is 1. The van der Waals surface area contributed by atoms with E-state index in [9.17, 15) is 4.39 Å². The summed E-state index contributed by atoms with van der Waals surface area (Å²) in [7, 11) is 1.52. The van der Waals surface area contributed by atoms with Crippen LogP contribution in [0.3, 0.4) is 0 Å². The summed E-state index contributed by atoms with van der Waals surface area (Å²) < 4.78 is 24.0. The van der Waals surface area contributed by atoms with Gasteiger partial charge in [0.2, 0.25) is 0 Å². The van der Waals surface area contributed by atoms with Crippen molar-refractivity contribution in [2.24, 2.45) is 0 Å². The van der Waals surface area contributed by atoms with Crippen molar-refractivity contribution in [1.82, 2.24) is 0 Å². The summed E-state index contributed by atoms with van der Waals surface area (Å²) in [4.78, 5) is 0. The minimum absolute atomic E-state index is 0.00429. The van der Waals surface area contributed by atoms with Crippen molar-refractivity contribution in [3.63, 3.8) is 0 Å². The number of anilines is 1. The second kappa shape index (κ2) is 5.93. The molecule has 0 atom stereocenters. The lowest BCUT2D eigenvalue weighted by molar-refractivity contribution is 0.284. The summed E-state index contributed by atoms with van der Waals surface area (Å²) in [6.45, 7) is 0.204. The van der Waals surface area contributed by atoms with Gasteiger partial charge in [0.1, 0.15) is 18.5 Å². The molecule has 0 aromatic heterocycles. The molecule has 2 N–H and O–H groups in total. The van der Waals surface area contributed by atoms with E-state index in [1.807, 2.05) is 0 Å². The Labute approximate surface area is 116 Å². The quantitative estimate of drug-likeness (QED) is 0.869. The van der Waals surface area contributed by atoms with Crippen LogP contribution in [0, 0.1) is 17.1 Å². The maximum atomic E-state index is 13.2. The van der Waals surface area contributed by atoms with Crippen molar-refractivity contribution in [1.29, 1.82) is 5.26 Å². The molecule has 0 radical (unpaired) electrons. The van der Waals surface area contributed by atoms with Crippen molar-refractivity contribution in [2.45, 2.75) is 6.61 Å². The van der Waals surface area contributed by atoms with E-state index >= 15 is 0 Å². The predicted octanol–water partition coefficient (Wildman–Crippen LogP) is 2.87. The molecule has 2 rings (SSSR count). The normalized spacial score (nSPS) is 9.85. The first-order valence-electron chi connectivity index (χ1n) is 5.89. The number of hydrogen-bond donors (Lipinski definition) is 1. The first-order valence-corrected chi connectivity index (χ1v) is 5.89. The number of benzene rings is 2. The molecule has 2 aromatic rings. The Morgan fingerprint density at radius 3 is 2.70 bits per heavy atom. The lowest BCUT2D eigenvalue weighted by atomic mass is 10.1. The highest BCUT2D eigenvalue weighted by molar-refractivity contribution is 5.52. The van der Waals surface area contributed by atoms with Crippen LogP contribution in [0.4, 0.5) is 10.1 Å². The molecule has 0 spiro atoms. The van der Waals surface area contributed by atoms with Crippen LogP contribution in [0.25, 0.3) is 0 Å². The van der Waals surface area contributed by atoms with Gasteiger partial charge in [-0.1, -0.05) is 6.07 Å². The summed E-state index contributed by atoms with van der Waals surface area (Å²) in [6.07, 6.45) is 0. The average molecular weight is 272 g/mol. The van der Waals surface area contributed by atoms with Crippen LogP contribution in [0.15, 0.2) is 36.4 Å². The fraction of sp³-hybridized carbons (Fsp3) is 0.133. The highest BCUT2D eigenvalue weighted by Crippen LogP contribution is 2.29. The molecule has 0 saturated carbocycles. The van der Waals surface area contributed by atoms with Crippen LogP contribution in [-0.4, -0.2) is 7.11 Å². The highest BCUT2D eigenvalue weighted by Gasteiger charge is 2.07. The first-order chi connectivity index (χ1) is 9.63. The van der Waals surface area contributed by atoms with Gasteiger partial charge in [0.25, 0.3) is 0 Å². The van der Waals surface area contributed by atoms with Gasteiger partial charge < -0.3 is 15.2 Å². The van der Waals surface area contributed by atoms with Gasteiger partial charge in [-0.2, -0.15) is 5.26 Å². The molecule has 0 bridgehead atoms. The molecule has 4 nitrogen and oxygen atoms in total. The molecule has 102 valence electrons. The predicted molar refractivity (Wildman–Crippen MR) is 72.9 cm³/mol. The molecule has 0 unspecified atom stereocenters. The molecule has 5 heteroatoms. The molecule has 20 heavy (non-hydrogen) atoms. The zero-order valence-corrected chi connectivity index (χ0v) is 10.9. The van der Waals surface area contributed by atoms with E-state index < -0.39 is 5.82 Å². The second-order valence-corrected chi connectivity index (χ2v) is 4.12. The number of ether oxygens (including phenoxy) is 2. The smallest absolute Gasteiger partial charge is 0.162 e. The summed E-state index contributed by atoms with van der Waals surface area (Å²) in [6, 6.07) is 11.1. The van der Waals surface area contributed by atoms with Crippen LogP contribution >= 0.6 is 0 Å². The topological polar surface area (TPSA) is 68.3 Å². The third-order valence-electron chi connectivity index (χ3n) is 2.73. The Bertz CT molecular complexity index is 665. The maximum absolute atomic E-state index is 13.2. The zero-order chi connectivity index (χ0) is 14.5. The van der Waals surface area contributed by atoms with Crippen LogP contribution in [0.2, 0.25) is 0 Å². The Morgan fingerprint density at radius 1 is 1.20 bits per heavy atom. The minimum atomic E-state index is -0.540. The third-order valence-corrected chi connectivity index (χ3v) is 2.73. The van der Waals surface area contributed by atoms with Gasteiger partial charge in [0, 0.05) is 11.8 Å². The standard InChI is InChI=1S/C15H13FN2O2/c1-19-15-7-12(18)3-5-14(15)20-9-10-2-4-13(16)11(6-10)8-17/h2-7H,9,18H2,1H3. The number of rotatable bonds is 4. The lowest BCUT2D eigenvalue weighted by Gasteiger charge is -2.11. The minimum Gasteiger partial charge on any atom is -0.493 e.